The first-order chi connectivity index (χ1) is 9.10. The molecule has 2 N–H and O–H groups in total. The van der Waals surface area contributed by atoms with Gasteiger partial charge in [-0.1, -0.05) is 0 Å². The highest BCUT2D eigenvalue weighted by molar-refractivity contribution is 5.55. The molecular weight excluding hydrogens is 243 g/mol. The highest BCUT2D eigenvalue weighted by Crippen LogP contribution is 2.28. The largest absolute Gasteiger partial charge is 0.384 e. The van der Waals surface area contributed by atoms with Crippen LogP contribution in [-0.2, 0) is 11.2 Å². The highest BCUT2D eigenvalue weighted by Gasteiger charge is 2.24. The summed E-state index contributed by atoms with van der Waals surface area (Å²) >= 11 is 0. The molecule has 0 amide bonds. The van der Waals surface area contributed by atoms with Gasteiger partial charge in [-0.25, -0.2) is 4.39 Å². The van der Waals surface area contributed by atoms with Crippen molar-refractivity contribution in [1.29, 1.82) is 0 Å². The normalized spacial score (nSPS) is 20.8. The van der Waals surface area contributed by atoms with Crippen LogP contribution in [0.25, 0.3) is 0 Å². The van der Waals surface area contributed by atoms with Crippen molar-refractivity contribution < 1.29 is 9.13 Å². The van der Waals surface area contributed by atoms with E-state index in [1.165, 1.54) is 6.07 Å². The minimum atomic E-state index is -0.188. The molecule has 1 fully saturated rings. The molecule has 0 saturated carbocycles. The standard InChI is InChI=1S/C15H23FN2O/c1-11(17)7-13-8-14(16)3-4-15(13)18-6-5-12(9-18)10-19-2/h3-4,8,11-12H,5-7,9-10,17H2,1-2H3. The Morgan fingerprint density at radius 1 is 1.53 bits per heavy atom. The van der Waals surface area contributed by atoms with Gasteiger partial charge in [-0.05, 0) is 43.5 Å². The van der Waals surface area contributed by atoms with Gasteiger partial charge in [0.05, 0.1) is 6.61 Å². The van der Waals surface area contributed by atoms with Crippen LogP contribution >= 0.6 is 0 Å². The summed E-state index contributed by atoms with van der Waals surface area (Å²) in [4.78, 5) is 2.32. The van der Waals surface area contributed by atoms with Crippen LogP contribution in [-0.4, -0.2) is 32.8 Å². The van der Waals surface area contributed by atoms with E-state index in [0.29, 0.717) is 12.3 Å². The topological polar surface area (TPSA) is 38.5 Å². The number of methoxy groups -OCH3 is 1. The molecule has 1 saturated heterocycles. The average Bonchev–Trinajstić information content (AvgIpc) is 2.77. The molecule has 0 bridgehead atoms. The lowest BCUT2D eigenvalue weighted by Gasteiger charge is -2.23. The predicted molar refractivity (Wildman–Crippen MR) is 75.9 cm³/mol. The van der Waals surface area contributed by atoms with E-state index in [1.807, 2.05) is 13.0 Å². The molecule has 2 unspecified atom stereocenters. The van der Waals surface area contributed by atoms with Gasteiger partial charge >= 0.3 is 0 Å². The van der Waals surface area contributed by atoms with Gasteiger partial charge in [-0.15, -0.1) is 0 Å². The van der Waals surface area contributed by atoms with Crippen LogP contribution in [0.4, 0.5) is 10.1 Å². The lowest BCUT2D eigenvalue weighted by atomic mass is 10.0. The van der Waals surface area contributed by atoms with Crippen molar-refractivity contribution in [1.82, 2.24) is 0 Å². The van der Waals surface area contributed by atoms with Crippen LogP contribution in [0.2, 0.25) is 0 Å². The molecule has 0 spiro atoms. The smallest absolute Gasteiger partial charge is 0.123 e. The maximum absolute atomic E-state index is 13.4. The molecule has 2 atom stereocenters. The summed E-state index contributed by atoms with van der Waals surface area (Å²) in [5, 5.41) is 0. The number of ether oxygens (including phenoxy) is 1. The van der Waals surface area contributed by atoms with E-state index in [9.17, 15) is 4.39 Å². The van der Waals surface area contributed by atoms with Crippen LogP contribution in [0.1, 0.15) is 18.9 Å². The van der Waals surface area contributed by atoms with Crippen LogP contribution in [0, 0.1) is 11.7 Å². The van der Waals surface area contributed by atoms with Crippen molar-refractivity contribution in [3.63, 3.8) is 0 Å². The molecule has 2 rings (SSSR count). The van der Waals surface area contributed by atoms with E-state index < -0.39 is 0 Å². The molecule has 0 aromatic heterocycles. The molecule has 1 aliphatic heterocycles. The number of halogens is 1. The van der Waals surface area contributed by atoms with Gasteiger partial charge < -0.3 is 15.4 Å². The van der Waals surface area contributed by atoms with E-state index in [-0.39, 0.29) is 11.9 Å². The van der Waals surface area contributed by atoms with Gasteiger partial charge in [0, 0.05) is 37.8 Å². The van der Waals surface area contributed by atoms with Crippen LogP contribution in [0.5, 0.6) is 0 Å². The van der Waals surface area contributed by atoms with Crippen molar-refractivity contribution in [2.45, 2.75) is 25.8 Å². The molecule has 0 radical (unpaired) electrons. The first-order valence-corrected chi connectivity index (χ1v) is 6.88. The van der Waals surface area contributed by atoms with Crippen LogP contribution < -0.4 is 10.6 Å². The molecule has 19 heavy (non-hydrogen) atoms. The Morgan fingerprint density at radius 2 is 2.32 bits per heavy atom. The van der Waals surface area contributed by atoms with Gasteiger partial charge in [0.15, 0.2) is 0 Å². The van der Waals surface area contributed by atoms with E-state index in [2.05, 4.69) is 4.90 Å². The van der Waals surface area contributed by atoms with Crippen molar-refractivity contribution in [2.24, 2.45) is 11.7 Å². The van der Waals surface area contributed by atoms with E-state index >= 15 is 0 Å². The molecule has 106 valence electrons. The van der Waals surface area contributed by atoms with Crippen LogP contribution in [0.15, 0.2) is 18.2 Å². The maximum Gasteiger partial charge on any atom is 0.123 e. The third-order valence-electron chi connectivity index (χ3n) is 3.61. The Bertz CT molecular complexity index is 423. The zero-order valence-electron chi connectivity index (χ0n) is 11.7. The fourth-order valence-corrected chi connectivity index (χ4v) is 2.80. The molecular formula is C15H23FN2O. The molecule has 3 nitrogen and oxygen atoms in total. The summed E-state index contributed by atoms with van der Waals surface area (Å²) in [6, 6.07) is 5.06. The van der Waals surface area contributed by atoms with E-state index in [0.717, 1.165) is 37.4 Å². The van der Waals surface area contributed by atoms with Crippen molar-refractivity contribution in [3.8, 4) is 0 Å². The maximum atomic E-state index is 13.4. The first kappa shape index (κ1) is 14.3. The number of benzene rings is 1. The summed E-state index contributed by atoms with van der Waals surface area (Å²) in [6.45, 7) is 4.73. The SMILES string of the molecule is COCC1CCN(c2ccc(F)cc2CC(C)N)C1. The second-order valence-electron chi connectivity index (χ2n) is 5.51. The molecule has 1 heterocycles. The second kappa shape index (κ2) is 6.35. The fourth-order valence-electron chi connectivity index (χ4n) is 2.80. The summed E-state index contributed by atoms with van der Waals surface area (Å²) < 4.78 is 18.6. The Hall–Kier alpha value is -1.13. The molecule has 1 aliphatic rings. The van der Waals surface area contributed by atoms with Crippen LogP contribution in [0.3, 0.4) is 0 Å². The number of hydrogen-bond acceptors (Lipinski definition) is 3. The summed E-state index contributed by atoms with van der Waals surface area (Å²) in [5.74, 6) is 0.380. The number of anilines is 1. The monoisotopic (exact) mass is 266 g/mol. The summed E-state index contributed by atoms with van der Waals surface area (Å²) in [5.41, 5.74) is 7.99. The molecule has 4 heteroatoms. The molecule has 0 aliphatic carbocycles. The average molecular weight is 266 g/mol. The first-order valence-electron chi connectivity index (χ1n) is 6.88. The van der Waals surface area contributed by atoms with Crippen molar-refractivity contribution in [3.05, 3.63) is 29.6 Å². The minimum absolute atomic E-state index is 0.0397. The number of nitrogens with two attached hydrogens (primary N) is 1. The summed E-state index contributed by atoms with van der Waals surface area (Å²) in [7, 11) is 1.74. The number of nitrogens with zero attached hydrogens (tertiary/aromatic N) is 1. The Kier molecular flexibility index (Phi) is 4.77. The van der Waals surface area contributed by atoms with E-state index in [1.54, 1.807) is 13.2 Å². The summed E-state index contributed by atoms with van der Waals surface area (Å²) in [6.07, 6.45) is 1.83. The van der Waals surface area contributed by atoms with E-state index in [4.69, 9.17) is 10.5 Å². The predicted octanol–water partition coefficient (Wildman–Crippen LogP) is 2.19. The third kappa shape index (κ3) is 3.67. The third-order valence-corrected chi connectivity index (χ3v) is 3.61. The quantitative estimate of drug-likeness (QED) is 0.888. The number of hydrogen-bond donors (Lipinski definition) is 1. The van der Waals surface area contributed by atoms with Gasteiger partial charge in [-0.3, -0.25) is 0 Å². The van der Waals surface area contributed by atoms with Gasteiger partial charge in [0.2, 0.25) is 0 Å². The van der Waals surface area contributed by atoms with Crippen molar-refractivity contribution >= 4 is 5.69 Å². The minimum Gasteiger partial charge on any atom is -0.384 e. The highest BCUT2D eigenvalue weighted by atomic mass is 19.1. The van der Waals surface area contributed by atoms with Gasteiger partial charge in [0.1, 0.15) is 5.82 Å². The molecule has 1 aromatic carbocycles. The van der Waals surface area contributed by atoms with Crippen molar-refractivity contribution in [2.75, 3.05) is 31.7 Å². The Labute approximate surface area is 114 Å². The fraction of sp³-hybridized carbons (Fsp3) is 0.600. The molecule has 1 aromatic rings. The lowest BCUT2D eigenvalue weighted by Crippen LogP contribution is -2.24. The van der Waals surface area contributed by atoms with Gasteiger partial charge in [-0.2, -0.15) is 0 Å². The second-order valence-corrected chi connectivity index (χ2v) is 5.51. The Morgan fingerprint density at radius 3 is 3.00 bits per heavy atom. The number of rotatable bonds is 5. The van der Waals surface area contributed by atoms with Gasteiger partial charge in [0.25, 0.3) is 0 Å². The zero-order chi connectivity index (χ0) is 13.8. The zero-order valence-corrected chi connectivity index (χ0v) is 11.7. The Balaban J connectivity index is 2.15. The lowest BCUT2D eigenvalue weighted by molar-refractivity contribution is 0.161.